The molecule has 0 saturated carbocycles. The number of carbonyl (C=O) groups excluding carboxylic acids is 1. The van der Waals surface area contributed by atoms with Crippen LogP contribution in [0.1, 0.15) is 31.4 Å². The summed E-state index contributed by atoms with van der Waals surface area (Å²) in [7, 11) is 0. The molecule has 1 aromatic carbocycles. The molecule has 1 aromatic rings. The third-order valence-corrected chi connectivity index (χ3v) is 3.49. The van der Waals surface area contributed by atoms with E-state index in [1.165, 1.54) is 6.07 Å². The summed E-state index contributed by atoms with van der Waals surface area (Å²) in [6.45, 7) is 3.20. The number of aliphatic hydroxyl groups is 1. The Labute approximate surface area is 128 Å². The van der Waals surface area contributed by atoms with Gasteiger partial charge in [0.05, 0.1) is 18.2 Å². The summed E-state index contributed by atoms with van der Waals surface area (Å²) in [6.07, 6.45) is 0.525. The molecule has 0 radical (unpaired) electrons. The van der Waals surface area contributed by atoms with Crippen LogP contribution >= 0.6 is 11.6 Å². The summed E-state index contributed by atoms with van der Waals surface area (Å²) >= 11 is 6.15. The molecule has 5 nitrogen and oxygen atoms in total. The molecule has 1 fully saturated rings. The summed E-state index contributed by atoms with van der Waals surface area (Å²) in [4.78, 5) is 11.5. The Bertz CT molecular complexity index is 485. The molecule has 1 aliphatic rings. The van der Waals surface area contributed by atoms with Crippen LogP contribution < -0.4 is 4.74 Å². The van der Waals surface area contributed by atoms with Gasteiger partial charge in [-0.25, -0.2) is 4.79 Å². The number of halogens is 1. The van der Waals surface area contributed by atoms with Crippen LogP contribution in [0.25, 0.3) is 0 Å². The maximum Gasteiger partial charge on any atom is 0.339 e. The predicted molar refractivity (Wildman–Crippen MR) is 77.5 cm³/mol. The maximum atomic E-state index is 11.5. The van der Waals surface area contributed by atoms with E-state index in [0.29, 0.717) is 22.9 Å². The van der Waals surface area contributed by atoms with E-state index in [1.807, 2.05) is 0 Å². The molecule has 6 heteroatoms. The van der Waals surface area contributed by atoms with Crippen molar-refractivity contribution < 1.29 is 24.1 Å². The minimum atomic E-state index is -1.34. The summed E-state index contributed by atoms with van der Waals surface area (Å²) < 4.78 is 15.9. The van der Waals surface area contributed by atoms with E-state index < -0.39 is 12.1 Å². The second-order valence-corrected chi connectivity index (χ2v) is 5.21. The number of benzene rings is 1. The van der Waals surface area contributed by atoms with Gasteiger partial charge in [0.2, 0.25) is 0 Å². The quantitative estimate of drug-likeness (QED) is 0.846. The third-order valence-electron chi connectivity index (χ3n) is 3.19. The Morgan fingerprint density at radius 1 is 1.57 bits per heavy atom. The highest BCUT2D eigenvalue weighted by molar-refractivity contribution is 6.32. The summed E-state index contributed by atoms with van der Waals surface area (Å²) in [5.74, 6) is -0.171. The first-order valence-electron chi connectivity index (χ1n) is 7.00. The molecule has 116 valence electrons. The standard InChI is InChI=1S/C15H19ClO5/c1-2-20-15(18)14(17)10-5-6-13(12(16)8-10)21-11-4-3-7-19-9-11/h5-6,8,11,14,17H,2-4,7,9H2,1H3. The van der Waals surface area contributed by atoms with Crippen LogP contribution in [-0.4, -0.2) is 37.0 Å². The third kappa shape index (κ3) is 4.33. The first kappa shape index (κ1) is 16.1. The molecule has 1 aliphatic heterocycles. The normalized spacial score (nSPS) is 19.9. The van der Waals surface area contributed by atoms with Crippen LogP contribution in [0.15, 0.2) is 18.2 Å². The highest BCUT2D eigenvalue weighted by Crippen LogP contribution is 2.30. The molecule has 2 atom stereocenters. The van der Waals surface area contributed by atoms with Gasteiger partial charge in [-0.3, -0.25) is 0 Å². The first-order valence-corrected chi connectivity index (χ1v) is 7.38. The maximum absolute atomic E-state index is 11.5. The van der Waals surface area contributed by atoms with Crippen molar-refractivity contribution in [2.45, 2.75) is 32.0 Å². The van der Waals surface area contributed by atoms with Gasteiger partial charge in [0.15, 0.2) is 6.10 Å². The molecule has 2 unspecified atom stereocenters. The molecular formula is C15H19ClO5. The smallest absolute Gasteiger partial charge is 0.339 e. The molecular weight excluding hydrogens is 296 g/mol. The fourth-order valence-corrected chi connectivity index (χ4v) is 2.36. The van der Waals surface area contributed by atoms with Crippen molar-refractivity contribution in [2.24, 2.45) is 0 Å². The molecule has 1 N–H and O–H groups in total. The fourth-order valence-electron chi connectivity index (χ4n) is 2.12. The lowest BCUT2D eigenvalue weighted by Gasteiger charge is -2.24. The Hall–Kier alpha value is -1.30. The molecule has 0 aromatic heterocycles. The average Bonchev–Trinajstić information content (AvgIpc) is 2.50. The molecule has 1 heterocycles. The molecule has 1 saturated heterocycles. The van der Waals surface area contributed by atoms with E-state index in [-0.39, 0.29) is 12.7 Å². The molecule has 0 bridgehead atoms. The molecule has 21 heavy (non-hydrogen) atoms. The Morgan fingerprint density at radius 2 is 2.38 bits per heavy atom. The topological polar surface area (TPSA) is 65.0 Å². The lowest BCUT2D eigenvalue weighted by molar-refractivity contribution is -0.153. The van der Waals surface area contributed by atoms with Gasteiger partial charge >= 0.3 is 5.97 Å². The highest BCUT2D eigenvalue weighted by Gasteiger charge is 2.21. The first-order chi connectivity index (χ1) is 10.1. The summed E-state index contributed by atoms with van der Waals surface area (Å²) in [5.41, 5.74) is 0.380. The van der Waals surface area contributed by atoms with Crippen LogP contribution in [0.3, 0.4) is 0 Å². The number of hydrogen-bond acceptors (Lipinski definition) is 5. The van der Waals surface area contributed by atoms with E-state index in [4.69, 9.17) is 25.8 Å². The molecule has 0 amide bonds. The number of aliphatic hydroxyl groups excluding tert-OH is 1. The molecule has 2 rings (SSSR count). The van der Waals surface area contributed by atoms with E-state index in [2.05, 4.69) is 0 Å². The minimum Gasteiger partial charge on any atom is -0.486 e. The van der Waals surface area contributed by atoms with Crippen molar-refractivity contribution in [1.29, 1.82) is 0 Å². The van der Waals surface area contributed by atoms with Crippen molar-refractivity contribution >= 4 is 17.6 Å². The van der Waals surface area contributed by atoms with Gasteiger partial charge in [0.1, 0.15) is 11.9 Å². The van der Waals surface area contributed by atoms with Crippen molar-refractivity contribution in [3.8, 4) is 5.75 Å². The van der Waals surface area contributed by atoms with Gasteiger partial charge in [-0.2, -0.15) is 0 Å². The summed E-state index contributed by atoms with van der Waals surface area (Å²) in [5, 5.41) is 10.2. The Morgan fingerprint density at radius 3 is 3.00 bits per heavy atom. The van der Waals surface area contributed by atoms with Gasteiger partial charge < -0.3 is 19.3 Å². The van der Waals surface area contributed by atoms with Crippen LogP contribution in [0.2, 0.25) is 5.02 Å². The SMILES string of the molecule is CCOC(=O)C(O)c1ccc(OC2CCCOC2)c(Cl)c1. The van der Waals surface area contributed by atoms with E-state index in [1.54, 1.807) is 19.1 Å². The lowest BCUT2D eigenvalue weighted by Crippen LogP contribution is -2.28. The average molecular weight is 315 g/mol. The van der Waals surface area contributed by atoms with Crippen molar-refractivity contribution in [1.82, 2.24) is 0 Å². The van der Waals surface area contributed by atoms with Crippen molar-refractivity contribution in [3.05, 3.63) is 28.8 Å². The van der Waals surface area contributed by atoms with Crippen LogP contribution in [0.4, 0.5) is 0 Å². The molecule has 0 spiro atoms. The van der Waals surface area contributed by atoms with Gasteiger partial charge in [-0.15, -0.1) is 0 Å². The predicted octanol–water partition coefficient (Wildman–Crippen LogP) is 2.49. The number of rotatable bonds is 5. The Balaban J connectivity index is 2.04. The van der Waals surface area contributed by atoms with Crippen molar-refractivity contribution in [3.63, 3.8) is 0 Å². The van der Waals surface area contributed by atoms with Crippen LogP contribution in [-0.2, 0) is 14.3 Å². The highest BCUT2D eigenvalue weighted by atomic mass is 35.5. The second kappa shape index (κ2) is 7.64. The zero-order chi connectivity index (χ0) is 15.2. The number of hydrogen-bond donors (Lipinski definition) is 1. The Kier molecular flexibility index (Phi) is 5.85. The zero-order valence-corrected chi connectivity index (χ0v) is 12.6. The fraction of sp³-hybridized carbons (Fsp3) is 0.533. The van der Waals surface area contributed by atoms with E-state index in [9.17, 15) is 9.90 Å². The summed E-state index contributed by atoms with van der Waals surface area (Å²) in [6, 6.07) is 4.77. The number of esters is 1. The zero-order valence-electron chi connectivity index (χ0n) is 11.9. The van der Waals surface area contributed by atoms with Crippen LogP contribution in [0, 0.1) is 0 Å². The van der Waals surface area contributed by atoms with Gasteiger partial charge in [-0.1, -0.05) is 17.7 Å². The minimum absolute atomic E-state index is 0.0166. The van der Waals surface area contributed by atoms with Gasteiger partial charge in [-0.05, 0) is 37.5 Å². The van der Waals surface area contributed by atoms with Crippen molar-refractivity contribution in [2.75, 3.05) is 19.8 Å². The van der Waals surface area contributed by atoms with Gasteiger partial charge in [0, 0.05) is 6.61 Å². The van der Waals surface area contributed by atoms with Gasteiger partial charge in [0.25, 0.3) is 0 Å². The second-order valence-electron chi connectivity index (χ2n) is 4.80. The largest absolute Gasteiger partial charge is 0.486 e. The van der Waals surface area contributed by atoms with Crippen LogP contribution in [0.5, 0.6) is 5.75 Å². The van der Waals surface area contributed by atoms with E-state index in [0.717, 1.165) is 19.4 Å². The van der Waals surface area contributed by atoms with E-state index >= 15 is 0 Å². The number of carbonyl (C=O) groups is 1. The monoisotopic (exact) mass is 314 g/mol. The number of ether oxygens (including phenoxy) is 3. The molecule has 0 aliphatic carbocycles. The lowest BCUT2D eigenvalue weighted by atomic mass is 10.1.